The van der Waals surface area contributed by atoms with Crippen molar-refractivity contribution in [1.82, 2.24) is 10.2 Å². The number of hydrogen-bond acceptors (Lipinski definition) is 4. The summed E-state index contributed by atoms with van der Waals surface area (Å²) in [6.45, 7) is 9.34. The van der Waals surface area contributed by atoms with Crippen LogP contribution in [-0.2, 0) is 11.3 Å². The zero-order valence-corrected chi connectivity index (χ0v) is 14.3. The number of nitrogens with two attached hydrogens (primary N) is 1. The second-order valence-electron chi connectivity index (χ2n) is 6.68. The lowest BCUT2D eigenvalue weighted by Crippen LogP contribution is -2.47. The van der Waals surface area contributed by atoms with Gasteiger partial charge < -0.3 is 15.8 Å². The number of hydrogen-bond donors (Lipinski definition) is 2. The molecule has 1 amide bonds. The van der Waals surface area contributed by atoms with E-state index in [4.69, 9.17) is 10.5 Å². The van der Waals surface area contributed by atoms with E-state index in [2.05, 4.69) is 41.4 Å². The summed E-state index contributed by atoms with van der Waals surface area (Å²) in [5.41, 5.74) is 7.82. The molecule has 5 heteroatoms. The maximum atomic E-state index is 11.7. The molecule has 0 aliphatic carbocycles. The minimum absolute atomic E-state index is 0.0630. The minimum atomic E-state index is -0.490. The fraction of sp³-hybridized carbons (Fsp3) is 0.588. The van der Waals surface area contributed by atoms with Gasteiger partial charge in [-0.25, -0.2) is 4.79 Å². The first-order chi connectivity index (χ1) is 10.2. The van der Waals surface area contributed by atoms with Crippen LogP contribution in [0.1, 0.15) is 31.9 Å². The Kier molecular flexibility index (Phi) is 6.84. The molecule has 0 spiro atoms. The second-order valence-corrected chi connectivity index (χ2v) is 6.68. The van der Waals surface area contributed by atoms with E-state index in [1.807, 2.05) is 27.8 Å². The molecule has 0 bridgehead atoms. The summed E-state index contributed by atoms with van der Waals surface area (Å²) in [5.74, 6) is 0. The summed E-state index contributed by atoms with van der Waals surface area (Å²) in [6, 6.07) is 8.44. The Morgan fingerprint density at radius 2 is 2.09 bits per heavy atom. The number of alkyl carbamates (subject to hydrolysis) is 1. The van der Waals surface area contributed by atoms with Gasteiger partial charge in [-0.2, -0.15) is 0 Å². The SMILES string of the molecule is Cc1cccc(CN(C)C(CN)CNC(=O)OC(C)(C)C)c1. The quantitative estimate of drug-likeness (QED) is 0.846. The van der Waals surface area contributed by atoms with Gasteiger partial charge in [-0.3, -0.25) is 4.90 Å². The van der Waals surface area contributed by atoms with Crippen LogP contribution in [0.3, 0.4) is 0 Å². The average Bonchev–Trinajstić information content (AvgIpc) is 2.37. The van der Waals surface area contributed by atoms with Crippen molar-refractivity contribution in [2.45, 2.75) is 45.9 Å². The predicted octanol–water partition coefficient (Wildman–Crippen LogP) is 2.28. The highest BCUT2D eigenvalue weighted by Crippen LogP contribution is 2.09. The first kappa shape index (κ1) is 18.5. The van der Waals surface area contributed by atoms with Gasteiger partial charge in [0.25, 0.3) is 0 Å². The lowest BCUT2D eigenvalue weighted by molar-refractivity contribution is 0.0511. The molecule has 1 aromatic carbocycles. The first-order valence-electron chi connectivity index (χ1n) is 7.64. The van der Waals surface area contributed by atoms with E-state index in [0.29, 0.717) is 13.1 Å². The molecular formula is C17H29N3O2. The molecule has 1 aromatic rings. The summed E-state index contributed by atoms with van der Waals surface area (Å²) in [5, 5.41) is 2.79. The fourth-order valence-corrected chi connectivity index (χ4v) is 2.16. The highest BCUT2D eigenvalue weighted by molar-refractivity contribution is 5.67. The Labute approximate surface area is 133 Å². The lowest BCUT2D eigenvalue weighted by Gasteiger charge is -2.28. The zero-order chi connectivity index (χ0) is 16.8. The van der Waals surface area contributed by atoms with Crippen LogP contribution in [0.15, 0.2) is 24.3 Å². The topological polar surface area (TPSA) is 67.6 Å². The number of carbonyl (C=O) groups excluding carboxylic acids is 1. The molecule has 22 heavy (non-hydrogen) atoms. The number of nitrogens with one attached hydrogen (secondary N) is 1. The maximum Gasteiger partial charge on any atom is 0.407 e. The van der Waals surface area contributed by atoms with Crippen molar-refractivity contribution in [1.29, 1.82) is 0 Å². The molecule has 1 unspecified atom stereocenters. The Morgan fingerprint density at radius 3 is 2.64 bits per heavy atom. The molecule has 0 aromatic heterocycles. The van der Waals surface area contributed by atoms with Crippen LogP contribution < -0.4 is 11.1 Å². The van der Waals surface area contributed by atoms with Crippen molar-refractivity contribution >= 4 is 6.09 Å². The third kappa shape index (κ3) is 6.91. The number of amides is 1. The fourth-order valence-electron chi connectivity index (χ4n) is 2.16. The number of nitrogens with zero attached hydrogens (tertiary/aromatic N) is 1. The Bertz CT molecular complexity index is 483. The molecule has 1 atom stereocenters. The molecule has 0 aliphatic rings. The molecular weight excluding hydrogens is 278 g/mol. The number of rotatable bonds is 6. The van der Waals surface area contributed by atoms with E-state index in [9.17, 15) is 4.79 Å². The molecule has 124 valence electrons. The van der Waals surface area contributed by atoms with E-state index in [1.54, 1.807) is 0 Å². The highest BCUT2D eigenvalue weighted by atomic mass is 16.6. The summed E-state index contributed by atoms with van der Waals surface area (Å²) in [6.07, 6.45) is -0.407. The molecule has 1 rings (SSSR count). The monoisotopic (exact) mass is 307 g/mol. The third-order valence-electron chi connectivity index (χ3n) is 3.29. The number of likely N-dealkylation sites (N-methyl/N-ethyl adjacent to an activating group) is 1. The van der Waals surface area contributed by atoms with Crippen molar-refractivity contribution in [3.63, 3.8) is 0 Å². The van der Waals surface area contributed by atoms with Crippen molar-refractivity contribution in [3.05, 3.63) is 35.4 Å². The summed E-state index contributed by atoms with van der Waals surface area (Å²) in [7, 11) is 2.01. The van der Waals surface area contributed by atoms with Gasteiger partial charge in [0.15, 0.2) is 0 Å². The van der Waals surface area contributed by atoms with Crippen molar-refractivity contribution < 1.29 is 9.53 Å². The third-order valence-corrected chi connectivity index (χ3v) is 3.29. The van der Waals surface area contributed by atoms with Crippen LogP contribution >= 0.6 is 0 Å². The lowest BCUT2D eigenvalue weighted by atomic mass is 10.1. The first-order valence-corrected chi connectivity index (χ1v) is 7.64. The standard InChI is InChI=1S/C17H29N3O2/c1-13-7-6-8-14(9-13)12-20(5)15(10-18)11-19-16(21)22-17(2,3)4/h6-9,15H,10-12,18H2,1-5H3,(H,19,21). The molecule has 0 radical (unpaired) electrons. The minimum Gasteiger partial charge on any atom is -0.444 e. The average molecular weight is 307 g/mol. The van der Waals surface area contributed by atoms with Crippen LogP contribution in [0.5, 0.6) is 0 Å². The van der Waals surface area contributed by atoms with E-state index < -0.39 is 11.7 Å². The molecule has 5 nitrogen and oxygen atoms in total. The highest BCUT2D eigenvalue weighted by Gasteiger charge is 2.19. The van der Waals surface area contributed by atoms with Crippen LogP contribution in [0.25, 0.3) is 0 Å². The van der Waals surface area contributed by atoms with Crippen LogP contribution in [0.2, 0.25) is 0 Å². The smallest absolute Gasteiger partial charge is 0.407 e. The predicted molar refractivity (Wildman–Crippen MR) is 89.7 cm³/mol. The van der Waals surface area contributed by atoms with Gasteiger partial charge in [0.2, 0.25) is 0 Å². The van der Waals surface area contributed by atoms with Gasteiger partial charge in [0.05, 0.1) is 0 Å². The van der Waals surface area contributed by atoms with E-state index in [1.165, 1.54) is 11.1 Å². The van der Waals surface area contributed by atoms with Crippen LogP contribution in [-0.4, -0.2) is 42.8 Å². The number of aryl methyl sites for hydroxylation is 1. The largest absolute Gasteiger partial charge is 0.444 e. The van der Waals surface area contributed by atoms with Crippen LogP contribution in [0, 0.1) is 6.92 Å². The molecule has 3 N–H and O–H groups in total. The number of carbonyl (C=O) groups is 1. The zero-order valence-electron chi connectivity index (χ0n) is 14.3. The normalized spacial score (nSPS) is 13.0. The van der Waals surface area contributed by atoms with E-state index in [-0.39, 0.29) is 6.04 Å². The van der Waals surface area contributed by atoms with Crippen molar-refractivity contribution in [3.8, 4) is 0 Å². The summed E-state index contributed by atoms with van der Waals surface area (Å²) < 4.78 is 5.24. The van der Waals surface area contributed by atoms with Gasteiger partial charge in [-0.05, 0) is 40.3 Å². The van der Waals surface area contributed by atoms with Crippen molar-refractivity contribution in [2.75, 3.05) is 20.1 Å². The van der Waals surface area contributed by atoms with Gasteiger partial charge in [0, 0.05) is 25.7 Å². The van der Waals surface area contributed by atoms with E-state index >= 15 is 0 Å². The number of ether oxygens (including phenoxy) is 1. The maximum absolute atomic E-state index is 11.7. The van der Waals surface area contributed by atoms with E-state index in [0.717, 1.165) is 6.54 Å². The molecule has 0 heterocycles. The second kappa shape index (κ2) is 8.15. The summed E-state index contributed by atoms with van der Waals surface area (Å²) in [4.78, 5) is 13.9. The molecule has 0 saturated heterocycles. The molecule has 0 saturated carbocycles. The Hall–Kier alpha value is -1.59. The van der Waals surface area contributed by atoms with Gasteiger partial charge in [-0.1, -0.05) is 29.8 Å². The Balaban J connectivity index is 2.51. The number of benzene rings is 1. The van der Waals surface area contributed by atoms with Gasteiger partial charge >= 0.3 is 6.09 Å². The summed E-state index contributed by atoms with van der Waals surface area (Å²) >= 11 is 0. The van der Waals surface area contributed by atoms with Gasteiger partial charge in [-0.15, -0.1) is 0 Å². The Morgan fingerprint density at radius 1 is 1.41 bits per heavy atom. The van der Waals surface area contributed by atoms with Gasteiger partial charge in [0.1, 0.15) is 5.60 Å². The van der Waals surface area contributed by atoms with Crippen LogP contribution in [0.4, 0.5) is 4.79 Å². The van der Waals surface area contributed by atoms with Crippen molar-refractivity contribution in [2.24, 2.45) is 5.73 Å². The molecule has 0 fully saturated rings. The molecule has 0 aliphatic heterocycles.